The van der Waals surface area contributed by atoms with Crippen LogP contribution in [-0.2, 0) is 4.79 Å². The zero-order chi connectivity index (χ0) is 8.31. The van der Waals surface area contributed by atoms with Gasteiger partial charge in [-0.2, -0.15) is 0 Å². The predicted molar refractivity (Wildman–Crippen MR) is 45.1 cm³/mol. The predicted octanol–water partition coefficient (Wildman–Crippen LogP) is 3.24. The molecule has 0 saturated carbocycles. The van der Waals surface area contributed by atoms with E-state index in [2.05, 4.69) is 0 Å². The van der Waals surface area contributed by atoms with Gasteiger partial charge in [0, 0.05) is 0 Å². The molecule has 0 rings (SSSR count). The van der Waals surface area contributed by atoms with Gasteiger partial charge in [0.1, 0.15) is 9.87 Å². The third kappa shape index (κ3) is 3.31. The monoisotopic (exact) mass is 240 g/mol. The van der Waals surface area contributed by atoms with E-state index in [0.717, 1.165) is 0 Å². The van der Waals surface area contributed by atoms with Gasteiger partial charge >= 0.3 is 0 Å². The van der Waals surface area contributed by atoms with Crippen LogP contribution >= 0.6 is 58.0 Å². The Kier molecular flexibility index (Phi) is 5.08. The molecule has 6 heteroatoms. The Hall–Kier alpha value is 0.860. The minimum Gasteiger partial charge on any atom is -0.275 e. The Labute approximate surface area is 82.8 Å². The first kappa shape index (κ1) is 10.9. The van der Waals surface area contributed by atoms with Gasteiger partial charge in [-0.05, 0) is 11.6 Å². The Bertz CT molecular complexity index is 172. The molecule has 1 nitrogen and oxygen atoms in total. The summed E-state index contributed by atoms with van der Waals surface area (Å²) in [4.78, 5) is 9.25. The van der Waals surface area contributed by atoms with Crippen LogP contribution in [0.25, 0.3) is 0 Å². The number of allylic oxidation sites excluding steroid dienone is 2. The molecule has 0 aromatic carbocycles. The zero-order valence-corrected chi connectivity index (χ0v) is 8.16. The van der Waals surface area contributed by atoms with E-state index in [1.165, 1.54) is 0 Å². The lowest BCUT2D eigenvalue weighted by molar-refractivity contribution is -0.108. The molecular formula is C4HCl5O. The Balaban J connectivity index is 4.50. The highest BCUT2D eigenvalue weighted by Gasteiger charge is 2.14. The van der Waals surface area contributed by atoms with E-state index in [1.54, 1.807) is 0 Å². The first-order valence-corrected chi connectivity index (χ1v) is 4.00. The fourth-order valence-electron chi connectivity index (χ4n) is 0.190. The quantitative estimate of drug-likeness (QED) is 0.413. The molecule has 10 heavy (non-hydrogen) atoms. The topological polar surface area (TPSA) is 17.1 Å². The summed E-state index contributed by atoms with van der Waals surface area (Å²) in [7, 11) is 0. The summed E-state index contributed by atoms with van der Waals surface area (Å²) < 4.78 is 0. The number of carbonyl (C=O) groups is 1. The Morgan fingerprint density at radius 1 is 1.10 bits per heavy atom. The standard InChI is InChI=1S/C4HCl5O/c5-1(3(7)8)2(6)4(9)10/h3H. The zero-order valence-electron chi connectivity index (χ0n) is 4.38. The second-order valence-corrected chi connectivity index (χ2v) is 3.46. The van der Waals surface area contributed by atoms with Gasteiger partial charge in [-0.3, -0.25) is 4.79 Å². The Morgan fingerprint density at radius 3 is 1.60 bits per heavy atom. The molecule has 0 bridgehead atoms. The van der Waals surface area contributed by atoms with Crippen LogP contribution in [0.1, 0.15) is 0 Å². The van der Waals surface area contributed by atoms with Gasteiger partial charge in [0.05, 0.1) is 5.03 Å². The number of alkyl halides is 2. The Morgan fingerprint density at radius 2 is 1.50 bits per heavy atom. The summed E-state index contributed by atoms with van der Waals surface area (Å²) in [5.41, 5.74) is 0. The lowest BCUT2D eigenvalue weighted by atomic mass is 10.5. The molecule has 0 spiro atoms. The van der Waals surface area contributed by atoms with Crippen LogP contribution in [0.3, 0.4) is 0 Å². The highest BCUT2D eigenvalue weighted by atomic mass is 35.5. The molecule has 0 aromatic rings. The van der Waals surface area contributed by atoms with Crippen molar-refractivity contribution < 1.29 is 4.79 Å². The lowest BCUT2D eigenvalue weighted by Gasteiger charge is -1.98. The van der Waals surface area contributed by atoms with E-state index in [0.29, 0.717) is 0 Å². The van der Waals surface area contributed by atoms with E-state index < -0.39 is 10.1 Å². The van der Waals surface area contributed by atoms with Gasteiger partial charge in [-0.25, -0.2) is 0 Å². The highest BCUT2D eigenvalue weighted by Crippen LogP contribution is 2.25. The molecule has 0 aliphatic rings. The van der Waals surface area contributed by atoms with Gasteiger partial charge in [0.2, 0.25) is 0 Å². The third-order valence-corrected chi connectivity index (χ3v) is 2.40. The summed E-state index contributed by atoms with van der Waals surface area (Å²) in [5, 5.41) is -1.39. The van der Waals surface area contributed by atoms with Crippen LogP contribution in [0, 0.1) is 0 Å². The normalized spacial score (nSPS) is 13.4. The number of hydrogen-bond donors (Lipinski definition) is 0. The van der Waals surface area contributed by atoms with Gasteiger partial charge in [-0.15, -0.1) is 0 Å². The summed E-state index contributed by atoms with van der Waals surface area (Å²) in [5.74, 6) is 0. The maximum Gasteiger partial charge on any atom is 0.265 e. The number of rotatable bonds is 2. The van der Waals surface area contributed by atoms with Crippen molar-refractivity contribution in [3.8, 4) is 0 Å². The summed E-state index contributed by atoms with van der Waals surface area (Å²) in [6, 6.07) is 0. The summed E-state index contributed by atoms with van der Waals surface area (Å²) in [6.07, 6.45) is 0. The van der Waals surface area contributed by atoms with Gasteiger partial charge < -0.3 is 0 Å². The molecule has 0 fully saturated rings. The maximum atomic E-state index is 10.3. The minimum absolute atomic E-state index is 0.162. The van der Waals surface area contributed by atoms with Crippen LogP contribution in [0.4, 0.5) is 0 Å². The molecule has 0 aliphatic heterocycles. The minimum atomic E-state index is -1.02. The van der Waals surface area contributed by atoms with Gasteiger partial charge in [-0.1, -0.05) is 46.4 Å². The van der Waals surface area contributed by atoms with E-state index in [9.17, 15) is 4.79 Å². The molecule has 0 radical (unpaired) electrons. The van der Waals surface area contributed by atoms with Crippen molar-refractivity contribution >= 4 is 63.2 Å². The van der Waals surface area contributed by atoms with Crippen molar-refractivity contribution in [2.45, 2.75) is 4.84 Å². The second-order valence-electron chi connectivity index (χ2n) is 1.24. The maximum absolute atomic E-state index is 10.3. The fourth-order valence-corrected chi connectivity index (χ4v) is 0.865. The average Bonchev–Trinajstić information content (AvgIpc) is 1.84. The molecule has 0 aromatic heterocycles. The SMILES string of the molecule is O=C(Cl)C(Cl)=C(Cl)C(Cl)Cl. The lowest BCUT2D eigenvalue weighted by Crippen LogP contribution is -1.94. The number of halogens is 5. The highest BCUT2D eigenvalue weighted by molar-refractivity contribution is 6.75. The van der Waals surface area contributed by atoms with Crippen molar-refractivity contribution in [3.05, 3.63) is 10.1 Å². The van der Waals surface area contributed by atoms with E-state index in [1.807, 2.05) is 0 Å². The molecule has 0 aliphatic carbocycles. The third-order valence-electron chi connectivity index (χ3n) is 0.574. The number of carbonyl (C=O) groups excluding carboxylic acids is 1. The molecular weight excluding hydrogens is 241 g/mol. The van der Waals surface area contributed by atoms with Crippen LogP contribution in [0.5, 0.6) is 0 Å². The molecule has 0 atom stereocenters. The van der Waals surface area contributed by atoms with E-state index in [-0.39, 0.29) is 10.1 Å². The largest absolute Gasteiger partial charge is 0.275 e. The van der Waals surface area contributed by atoms with E-state index >= 15 is 0 Å². The molecule has 0 N–H and O–H groups in total. The van der Waals surface area contributed by atoms with Crippen molar-refractivity contribution in [1.29, 1.82) is 0 Å². The smallest absolute Gasteiger partial charge is 0.265 e. The van der Waals surface area contributed by atoms with Gasteiger partial charge in [0.15, 0.2) is 0 Å². The average molecular weight is 242 g/mol. The molecule has 0 heterocycles. The fraction of sp³-hybridized carbons (Fsp3) is 0.250. The van der Waals surface area contributed by atoms with Crippen LogP contribution < -0.4 is 0 Å². The van der Waals surface area contributed by atoms with Crippen molar-refractivity contribution in [3.63, 3.8) is 0 Å². The summed E-state index contributed by atoms with van der Waals surface area (Å²) >= 11 is 26.0. The first-order chi connectivity index (χ1) is 4.46. The second kappa shape index (κ2) is 4.68. The van der Waals surface area contributed by atoms with Crippen LogP contribution in [-0.4, -0.2) is 10.1 Å². The molecule has 0 unspecified atom stereocenters. The molecule has 0 amide bonds. The van der Waals surface area contributed by atoms with Crippen molar-refractivity contribution in [2.75, 3.05) is 0 Å². The van der Waals surface area contributed by atoms with E-state index in [4.69, 9.17) is 58.0 Å². The molecule has 58 valence electrons. The summed E-state index contributed by atoms with van der Waals surface area (Å²) in [6.45, 7) is 0. The van der Waals surface area contributed by atoms with Crippen LogP contribution in [0.2, 0.25) is 0 Å². The van der Waals surface area contributed by atoms with Crippen molar-refractivity contribution in [1.82, 2.24) is 0 Å². The first-order valence-electron chi connectivity index (χ1n) is 2.00. The number of hydrogen-bond acceptors (Lipinski definition) is 1. The van der Waals surface area contributed by atoms with Gasteiger partial charge in [0.25, 0.3) is 5.24 Å². The molecule has 0 saturated heterocycles. The van der Waals surface area contributed by atoms with Crippen LogP contribution in [0.15, 0.2) is 10.1 Å². The van der Waals surface area contributed by atoms with Crippen molar-refractivity contribution in [2.24, 2.45) is 0 Å².